The minimum Gasteiger partial charge on any atom is -0.481 e. The van der Waals surface area contributed by atoms with E-state index in [1.807, 2.05) is 30.3 Å². The quantitative estimate of drug-likeness (QED) is 0.646. The summed E-state index contributed by atoms with van der Waals surface area (Å²) in [5.41, 5.74) is 1.73. The molecule has 0 aliphatic carbocycles. The average molecular weight is 375 g/mol. The fourth-order valence-corrected chi connectivity index (χ4v) is 4.42. The van der Waals surface area contributed by atoms with Crippen LogP contribution in [0.15, 0.2) is 52.0 Å². The van der Waals surface area contributed by atoms with Crippen LogP contribution in [0.2, 0.25) is 0 Å². The van der Waals surface area contributed by atoms with Gasteiger partial charge in [0.25, 0.3) is 0 Å². The summed E-state index contributed by atoms with van der Waals surface area (Å²) in [6, 6.07) is 11.5. The molecule has 1 atom stereocenters. The SMILES string of the molecule is Cc1ccc2nonc2c1S(=O)(=O)N[C@H](CC(=O)O)Cc1ccccc1. The molecule has 26 heavy (non-hydrogen) atoms. The standard InChI is InChI=1S/C17H17N3O5S/c1-11-7-8-14-16(19-25-18-14)17(11)26(23,24)20-13(10-15(21)22)9-12-5-3-2-4-6-12/h2-8,13,20H,9-10H2,1H3,(H,21,22)/t13-/m0/s1. The summed E-state index contributed by atoms with van der Waals surface area (Å²) < 4.78 is 33.0. The highest BCUT2D eigenvalue weighted by molar-refractivity contribution is 7.89. The van der Waals surface area contributed by atoms with E-state index in [0.29, 0.717) is 11.1 Å². The molecule has 1 aromatic heterocycles. The Kier molecular flexibility index (Phi) is 5.01. The summed E-state index contributed by atoms with van der Waals surface area (Å²) in [7, 11) is -4.03. The summed E-state index contributed by atoms with van der Waals surface area (Å²) in [4.78, 5) is 11.1. The summed E-state index contributed by atoms with van der Waals surface area (Å²) in [5, 5.41) is 16.5. The van der Waals surface area contributed by atoms with E-state index in [2.05, 4.69) is 19.7 Å². The molecule has 1 heterocycles. The van der Waals surface area contributed by atoms with Gasteiger partial charge in [-0.3, -0.25) is 4.79 Å². The Bertz CT molecular complexity index is 1030. The fourth-order valence-electron chi connectivity index (χ4n) is 2.81. The minimum absolute atomic E-state index is 0.0558. The lowest BCUT2D eigenvalue weighted by atomic mass is 10.0. The monoisotopic (exact) mass is 375 g/mol. The number of carboxylic acids is 1. The second-order valence-corrected chi connectivity index (χ2v) is 7.60. The van der Waals surface area contributed by atoms with Crippen molar-refractivity contribution in [2.45, 2.75) is 30.7 Å². The fraction of sp³-hybridized carbons (Fsp3) is 0.235. The molecule has 0 radical (unpaired) electrons. The zero-order valence-electron chi connectivity index (χ0n) is 13.9. The van der Waals surface area contributed by atoms with Gasteiger partial charge in [-0.15, -0.1) is 0 Å². The van der Waals surface area contributed by atoms with Gasteiger partial charge in [-0.05, 0) is 40.9 Å². The molecule has 2 N–H and O–H groups in total. The number of carbonyl (C=O) groups is 1. The molecule has 0 saturated heterocycles. The molecule has 9 heteroatoms. The van der Waals surface area contributed by atoms with Crippen LogP contribution in [0.5, 0.6) is 0 Å². The highest BCUT2D eigenvalue weighted by atomic mass is 32.2. The Hall–Kier alpha value is -2.78. The van der Waals surface area contributed by atoms with Gasteiger partial charge in [0, 0.05) is 6.04 Å². The largest absolute Gasteiger partial charge is 0.481 e. The highest BCUT2D eigenvalue weighted by Crippen LogP contribution is 2.24. The van der Waals surface area contributed by atoms with Gasteiger partial charge in [0.05, 0.1) is 6.42 Å². The molecule has 8 nitrogen and oxygen atoms in total. The number of benzene rings is 2. The van der Waals surface area contributed by atoms with Crippen LogP contribution in [0.1, 0.15) is 17.5 Å². The maximum atomic E-state index is 12.9. The van der Waals surface area contributed by atoms with E-state index in [-0.39, 0.29) is 23.3 Å². The first kappa shape index (κ1) is 18.0. The molecule has 3 aromatic rings. The molecular weight excluding hydrogens is 358 g/mol. The van der Waals surface area contributed by atoms with Gasteiger partial charge in [-0.1, -0.05) is 36.4 Å². The van der Waals surface area contributed by atoms with Crippen molar-refractivity contribution in [2.75, 3.05) is 0 Å². The molecular formula is C17H17N3O5S. The molecule has 136 valence electrons. The molecule has 0 amide bonds. The maximum absolute atomic E-state index is 12.9. The lowest BCUT2D eigenvalue weighted by molar-refractivity contribution is -0.137. The number of rotatable bonds is 7. The van der Waals surface area contributed by atoms with Gasteiger partial charge in [0.1, 0.15) is 10.4 Å². The molecule has 2 aromatic carbocycles. The zero-order valence-corrected chi connectivity index (χ0v) is 14.7. The molecule has 0 aliphatic rings. The lowest BCUT2D eigenvalue weighted by Crippen LogP contribution is -2.38. The third-order valence-corrected chi connectivity index (χ3v) is 5.61. The van der Waals surface area contributed by atoms with Crippen molar-refractivity contribution >= 4 is 27.0 Å². The smallest absolute Gasteiger partial charge is 0.304 e. The number of sulfonamides is 1. The summed E-state index contributed by atoms with van der Waals surface area (Å²) in [6.45, 7) is 1.63. The second-order valence-electron chi connectivity index (χ2n) is 5.95. The van der Waals surface area contributed by atoms with E-state index < -0.39 is 22.0 Å². The summed E-state index contributed by atoms with van der Waals surface area (Å²) in [5.74, 6) is -1.09. The Balaban J connectivity index is 1.95. The van der Waals surface area contributed by atoms with Crippen molar-refractivity contribution in [1.29, 1.82) is 0 Å². The number of nitrogens with zero attached hydrogens (tertiary/aromatic N) is 2. The van der Waals surface area contributed by atoms with E-state index in [9.17, 15) is 13.2 Å². The first-order chi connectivity index (χ1) is 12.4. The number of fused-ring (bicyclic) bond motifs is 1. The van der Waals surface area contributed by atoms with Gasteiger partial charge < -0.3 is 5.11 Å². The molecule has 0 fully saturated rings. The van der Waals surface area contributed by atoms with Gasteiger partial charge in [0.2, 0.25) is 10.0 Å². The highest BCUT2D eigenvalue weighted by Gasteiger charge is 2.27. The van der Waals surface area contributed by atoms with Crippen molar-refractivity contribution in [3.05, 3.63) is 53.6 Å². The normalized spacial score (nSPS) is 13.0. The van der Waals surface area contributed by atoms with Crippen molar-refractivity contribution in [2.24, 2.45) is 0 Å². The van der Waals surface area contributed by atoms with Crippen molar-refractivity contribution in [1.82, 2.24) is 15.0 Å². The Morgan fingerprint density at radius 1 is 1.19 bits per heavy atom. The number of aromatic nitrogens is 2. The molecule has 3 rings (SSSR count). The van der Waals surface area contributed by atoms with Gasteiger partial charge in [-0.25, -0.2) is 17.8 Å². The predicted molar refractivity (Wildman–Crippen MR) is 93.0 cm³/mol. The van der Waals surface area contributed by atoms with E-state index in [1.165, 1.54) is 0 Å². The van der Waals surface area contributed by atoms with Gasteiger partial charge >= 0.3 is 5.97 Å². The van der Waals surface area contributed by atoms with Crippen molar-refractivity contribution < 1.29 is 22.9 Å². The predicted octanol–water partition coefficient (Wildman–Crippen LogP) is 1.90. The zero-order chi connectivity index (χ0) is 18.7. The molecule has 0 spiro atoms. The van der Waals surface area contributed by atoms with E-state index in [0.717, 1.165) is 5.56 Å². The van der Waals surface area contributed by atoms with Crippen LogP contribution in [0.25, 0.3) is 11.0 Å². The van der Waals surface area contributed by atoms with Crippen LogP contribution in [-0.4, -0.2) is 35.8 Å². The summed E-state index contributed by atoms with van der Waals surface area (Å²) in [6.07, 6.45) is -0.0985. The first-order valence-electron chi connectivity index (χ1n) is 7.87. The van der Waals surface area contributed by atoms with Crippen LogP contribution in [0.3, 0.4) is 0 Å². The molecule has 0 bridgehead atoms. The van der Waals surface area contributed by atoms with Crippen LogP contribution in [-0.2, 0) is 21.2 Å². The van der Waals surface area contributed by atoms with Crippen LogP contribution < -0.4 is 4.72 Å². The molecule has 0 aliphatic heterocycles. The minimum atomic E-state index is -4.03. The maximum Gasteiger partial charge on any atom is 0.304 e. The third-order valence-electron chi connectivity index (χ3n) is 3.91. The number of aliphatic carboxylic acids is 1. The lowest BCUT2D eigenvalue weighted by Gasteiger charge is -2.18. The molecule has 0 saturated carbocycles. The Labute approximate surface area is 149 Å². The third kappa shape index (κ3) is 3.89. The topological polar surface area (TPSA) is 122 Å². The van der Waals surface area contributed by atoms with Crippen molar-refractivity contribution in [3.63, 3.8) is 0 Å². The Morgan fingerprint density at radius 3 is 2.62 bits per heavy atom. The van der Waals surface area contributed by atoms with E-state index in [1.54, 1.807) is 19.1 Å². The van der Waals surface area contributed by atoms with Crippen LogP contribution in [0.4, 0.5) is 0 Å². The van der Waals surface area contributed by atoms with Gasteiger partial charge in [0.15, 0.2) is 5.52 Å². The number of hydrogen-bond donors (Lipinski definition) is 2. The number of carboxylic acid groups (broad SMARTS) is 1. The number of hydrogen-bond acceptors (Lipinski definition) is 6. The number of nitrogens with one attached hydrogen (secondary N) is 1. The van der Waals surface area contributed by atoms with Gasteiger partial charge in [-0.2, -0.15) is 0 Å². The van der Waals surface area contributed by atoms with E-state index in [4.69, 9.17) is 5.11 Å². The van der Waals surface area contributed by atoms with Crippen molar-refractivity contribution in [3.8, 4) is 0 Å². The van der Waals surface area contributed by atoms with E-state index >= 15 is 0 Å². The molecule has 0 unspecified atom stereocenters. The number of aryl methyl sites for hydroxylation is 1. The summed E-state index contributed by atoms with van der Waals surface area (Å²) >= 11 is 0. The second kappa shape index (κ2) is 7.22. The Morgan fingerprint density at radius 2 is 1.92 bits per heavy atom. The van der Waals surface area contributed by atoms with Crippen LogP contribution >= 0.6 is 0 Å². The first-order valence-corrected chi connectivity index (χ1v) is 9.35. The average Bonchev–Trinajstić information content (AvgIpc) is 3.02. The van der Waals surface area contributed by atoms with Crippen LogP contribution in [0, 0.1) is 6.92 Å².